The van der Waals surface area contributed by atoms with E-state index in [1.165, 1.54) is 0 Å². The molecule has 1 heterocycles. The SMILES string of the molecule is C[C@@H]1CC[C@H](O)C[N@@+]1([O-])Cc1ccccc1. The summed E-state index contributed by atoms with van der Waals surface area (Å²) in [5, 5.41) is 22.2. The fraction of sp³-hybridized carbons (Fsp3) is 0.538. The first kappa shape index (κ1) is 11.6. The van der Waals surface area contributed by atoms with Crippen molar-refractivity contribution in [3.05, 3.63) is 41.1 Å². The van der Waals surface area contributed by atoms with Crippen LogP contribution in [0.4, 0.5) is 0 Å². The molecule has 88 valence electrons. The quantitative estimate of drug-likeness (QED) is 0.613. The van der Waals surface area contributed by atoms with Gasteiger partial charge in [0.05, 0.1) is 6.04 Å². The molecule has 0 amide bonds. The van der Waals surface area contributed by atoms with Crippen LogP contribution in [0.5, 0.6) is 0 Å². The first-order valence-electron chi connectivity index (χ1n) is 5.90. The Morgan fingerprint density at radius 2 is 2.00 bits per heavy atom. The highest BCUT2D eigenvalue weighted by atomic mass is 16.5. The number of likely N-dealkylation sites (tertiary alicyclic amines) is 1. The zero-order chi connectivity index (χ0) is 11.6. The van der Waals surface area contributed by atoms with Gasteiger partial charge in [0, 0.05) is 12.0 Å². The summed E-state index contributed by atoms with van der Waals surface area (Å²) in [6.45, 7) is 2.79. The van der Waals surface area contributed by atoms with E-state index in [1.807, 2.05) is 37.3 Å². The maximum absolute atomic E-state index is 12.6. The van der Waals surface area contributed by atoms with Crippen LogP contribution in [0.2, 0.25) is 0 Å². The van der Waals surface area contributed by atoms with Gasteiger partial charge in [0.25, 0.3) is 0 Å². The molecule has 0 radical (unpaired) electrons. The van der Waals surface area contributed by atoms with Crippen molar-refractivity contribution < 1.29 is 9.75 Å². The Kier molecular flexibility index (Phi) is 3.28. The maximum Gasteiger partial charge on any atom is 0.105 e. The lowest BCUT2D eigenvalue weighted by molar-refractivity contribution is -0.924. The molecule has 3 nitrogen and oxygen atoms in total. The largest absolute Gasteiger partial charge is 0.632 e. The molecule has 0 spiro atoms. The van der Waals surface area contributed by atoms with Gasteiger partial charge in [0.1, 0.15) is 19.2 Å². The van der Waals surface area contributed by atoms with Crippen LogP contribution in [-0.4, -0.2) is 28.4 Å². The average molecular weight is 221 g/mol. The van der Waals surface area contributed by atoms with Crippen LogP contribution in [0, 0.1) is 5.21 Å². The predicted octanol–water partition coefficient (Wildman–Crippen LogP) is 2.04. The summed E-state index contributed by atoms with van der Waals surface area (Å²) in [6, 6.07) is 9.90. The van der Waals surface area contributed by atoms with Crippen molar-refractivity contribution in [2.24, 2.45) is 0 Å². The molecule has 0 aliphatic carbocycles. The van der Waals surface area contributed by atoms with Crippen molar-refractivity contribution in [3.63, 3.8) is 0 Å². The van der Waals surface area contributed by atoms with Gasteiger partial charge in [-0.3, -0.25) is 0 Å². The van der Waals surface area contributed by atoms with Gasteiger partial charge in [0.2, 0.25) is 0 Å². The average Bonchev–Trinajstić information content (AvgIpc) is 2.25. The molecule has 1 aliphatic heterocycles. The van der Waals surface area contributed by atoms with Crippen molar-refractivity contribution in [3.8, 4) is 0 Å². The second-order valence-corrected chi connectivity index (χ2v) is 4.86. The minimum absolute atomic E-state index is 0.0867. The van der Waals surface area contributed by atoms with Gasteiger partial charge in [0.15, 0.2) is 0 Å². The second-order valence-electron chi connectivity index (χ2n) is 4.86. The number of quaternary nitrogens is 1. The van der Waals surface area contributed by atoms with Gasteiger partial charge in [-0.15, -0.1) is 0 Å². The lowest BCUT2D eigenvalue weighted by Crippen LogP contribution is -2.55. The fourth-order valence-corrected chi connectivity index (χ4v) is 2.41. The molecular formula is C13H19NO2. The third kappa shape index (κ3) is 2.43. The van der Waals surface area contributed by atoms with E-state index in [9.17, 15) is 10.3 Å². The van der Waals surface area contributed by atoms with Gasteiger partial charge in [-0.25, -0.2) is 0 Å². The van der Waals surface area contributed by atoms with Gasteiger partial charge >= 0.3 is 0 Å². The third-order valence-corrected chi connectivity index (χ3v) is 3.53. The summed E-state index contributed by atoms with van der Waals surface area (Å²) < 4.78 is -0.287. The maximum atomic E-state index is 12.6. The summed E-state index contributed by atoms with van der Waals surface area (Å²) >= 11 is 0. The third-order valence-electron chi connectivity index (χ3n) is 3.53. The van der Waals surface area contributed by atoms with E-state index < -0.39 is 6.10 Å². The highest BCUT2D eigenvalue weighted by molar-refractivity contribution is 5.13. The Balaban J connectivity index is 2.12. The van der Waals surface area contributed by atoms with E-state index in [-0.39, 0.29) is 10.7 Å². The zero-order valence-electron chi connectivity index (χ0n) is 9.67. The molecular weight excluding hydrogens is 202 g/mol. The molecule has 1 fully saturated rings. The summed E-state index contributed by atoms with van der Waals surface area (Å²) in [5.41, 5.74) is 1.05. The molecule has 2 rings (SSSR count). The molecule has 1 aliphatic rings. The first-order chi connectivity index (χ1) is 7.60. The van der Waals surface area contributed by atoms with Crippen molar-refractivity contribution in [1.29, 1.82) is 0 Å². The first-order valence-corrected chi connectivity index (χ1v) is 5.90. The molecule has 1 aromatic rings. The summed E-state index contributed by atoms with van der Waals surface area (Å²) in [7, 11) is 0. The number of hydrogen-bond donors (Lipinski definition) is 1. The molecule has 3 heteroatoms. The van der Waals surface area contributed by atoms with Crippen LogP contribution in [0.3, 0.4) is 0 Å². The minimum atomic E-state index is -0.433. The summed E-state index contributed by atoms with van der Waals surface area (Å²) in [5.74, 6) is 0. The minimum Gasteiger partial charge on any atom is -0.632 e. The van der Waals surface area contributed by atoms with Gasteiger partial charge in [-0.2, -0.15) is 0 Å². The van der Waals surface area contributed by atoms with Crippen LogP contribution in [-0.2, 0) is 6.54 Å². The van der Waals surface area contributed by atoms with Crippen LogP contribution >= 0.6 is 0 Å². The Morgan fingerprint density at radius 3 is 2.69 bits per heavy atom. The van der Waals surface area contributed by atoms with E-state index in [0.717, 1.165) is 18.4 Å². The van der Waals surface area contributed by atoms with Crippen molar-refractivity contribution in [1.82, 2.24) is 0 Å². The number of rotatable bonds is 2. The Morgan fingerprint density at radius 1 is 1.31 bits per heavy atom. The smallest absolute Gasteiger partial charge is 0.105 e. The molecule has 16 heavy (non-hydrogen) atoms. The van der Waals surface area contributed by atoms with E-state index in [4.69, 9.17) is 0 Å². The summed E-state index contributed by atoms with van der Waals surface area (Å²) in [6.07, 6.45) is 1.15. The highest BCUT2D eigenvalue weighted by Gasteiger charge is 2.33. The number of hydrogen-bond acceptors (Lipinski definition) is 2. The van der Waals surface area contributed by atoms with Crippen LogP contribution < -0.4 is 0 Å². The number of benzene rings is 1. The topological polar surface area (TPSA) is 43.3 Å². The van der Waals surface area contributed by atoms with E-state index in [1.54, 1.807) is 0 Å². The molecule has 1 saturated heterocycles. The normalized spacial score (nSPS) is 34.9. The van der Waals surface area contributed by atoms with Gasteiger partial charge in [-0.1, -0.05) is 30.3 Å². The zero-order valence-corrected chi connectivity index (χ0v) is 9.67. The lowest BCUT2D eigenvalue weighted by Gasteiger charge is -2.51. The highest BCUT2D eigenvalue weighted by Crippen LogP contribution is 2.27. The number of aliphatic hydroxyl groups excluding tert-OH is 1. The summed E-state index contributed by atoms with van der Waals surface area (Å²) in [4.78, 5) is 0. The molecule has 0 aromatic heterocycles. The Hall–Kier alpha value is -0.900. The molecule has 1 aromatic carbocycles. The van der Waals surface area contributed by atoms with Crippen LogP contribution in [0.1, 0.15) is 25.3 Å². The standard InChI is InChI=1S/C13H19NO2/c1-11-7-8-13(15)10-14(11,16)9-12-5-3-2-4-6-12/h2-6,11,13,15H,7-10H2,1H3/t11-,13+,14+/m1/s1. The monoisotopic (exact) mass is 221 g/mol. The lowest BCUT2D eigenvalue weighted by atomic mass is 9.99. The number of hydroxylamine groups is 3. The Bertz CT molecular complexity index is 341. The van der Waals surface area contributed by atoms with Gasteiger partial charge in [-0.05, 0) is 13.3 Å². The molecule has 0 bridgehead atoms. The molecule has 3 atom stereocenters. The Labute approximate surface area is 96.5 Å². The van der Waals surface area contributed by atoms with Gasteiger partial charge < -0.3 is 15.0 Å². The van der Waals surface area contributed by atoms with Crippen LogP contribution in [0.15, 0.2) is 30.3 Å². The number of nitrogens with zero attached hydrogens (tertiary/aromatic N) is 1. The fourth-order valence-electron chi connectivity index (χ4n) is 2.41. The molecule has 1 N–H and O–H groups in total. The van der Waals surface area contributed by atoms with Crippen LogP contribution in [0.25, 0.3) is 0 Å². The number of aliphatic hydroxyl groups is 1. The van der Waals surface area contributed by atoms with E-state index in [0.29, 0.717) is 13.1 Å². The van der Waals surface area contributed by atoms with E-state index >= 15 is 0 Å². The van der Waals surface area contributed by atoms with Crippen molar-refractivity contribution >= 4 is 0 Å². The second kappa shape index (κ2) is 4.53. The molecule has 0 saturated carbocycles. The predicted molar refractivity (Wildman–Crippen MR) is 63.3 cm³/mol. The van der Waals surface area contributed by atoms with Crippen molar-refractivity contribution in [2.45, 2.75) is 38.5 Å². The molecule has 0 unspecified atom stereocenters. The van der Waals surface area contributed by atoms with Crippen molar-refractivity contribution in [2.75, 3.05) is 6.54 Å². The number of piperidine rings is 1. The van der Waals surface area contributed by atoms with E-state index in [2.05, 4.69) is 0 Å².